The van der Waals surface area contributed by atoms with Crippen molar-refractivity contribution in [1.82, 2.24) is 5.32 Å². The highest BCUT2D eigenvalue weighted by molar-refractivity contribution is 6.45. The third kappa shape index (κ3) is 4.59. The molecule has 0 saturated carbocycles. The number of hydrogen-bond acceptors (Lipinski definition) is 6. The minimum absolute atomic E-state index is 0.0284. The molecule has 1 aromatic rings. The number of nitrogens with two attached hydrogens (primary N) is 1. The summed E-state index contributed by atoms with van der Waals surface area (Å²) in [7, 11) is -0.982. The fraction of sp³-hybridized carbons (Fsp3) is 0.579. The number of hydrogen-bond donors (Lipinski definition) is 3. The van der Waals surface area contributed by atoms with Gasteiger partial charge >= 0.3 is 7.12 Å². The summed E-state index contributed by atoms with van der Waals surface area (Å²) in [4.78, 5) is 23.9. The molecule has 6 nitrogen and oxygen atoms in total. The fourth-order valence-electron chi connectivity index (χ4n) is 4.05. The molecule has 0 spiro atoms. The molecule has 1 aliphatic heterocycles. The van der Waals surface area contributed by atoms with Crippen molar-refractivity contribution in [3.63, 3.8) is 0 Å². The van der Waals surface area contributed by atoms with Crippen molar-refractivity contribution in [2.75, 3.05) is 6.67 Å². The smallest absolute Gasteiger partial charge is 0.427 e. The van der Waals surface area contributed by atoms with Crippen LogP contribution in [0.2, 0.25) is 5.82 Å². The lowest BCUT2D eigenvalue weighted by molar-refractivity contribution is -0.118. The van der Waals surface area contributed by atoms with Gasteiger partial charge in [0.15, 0.2) is 5.78 Å². The molecule has 1 fully saturated rings. The highest BCUT2D eigenvalue weighted by Crippen LogP contribution is 2.32. The average Bonchev–Trinajstić information content (AvgIpc) is 2.98. The third-order valence-corrected chi connectivity index (χ3v) is 5.42. The summed E-state index contributed by atoms with van der Waals surface area (Å²) in [5.74, 6) is -0.136. The first-order chi connectivity index (χ1) is 12.5. The van der Waals surface area contributed by atoms with E-state index in [1.54, 1.807) is 0 Å². The molecule has 3 atom stereocenters. The van der Waals surface area contributed by atoms with Gasteiger partial charge < -0.3 is 20.7 Å². The van der Waals surface area contributed by atoms with Gasteiger partial charge in [0.1, 0.15) is 5.78 Å². The number of carbonyl (C=O) groups is 2. The number of rotatable bonds is 7. The lowest BCUT2D eigenvalue weighted by Gasteiger charge is -2.30. The number of fused-ring (bicyclic) bond motifs is 1. The second-order valence-electron chi connectivity index (χ2n) is 7.52. The second-order valence-corrected chi connectivity index (χ2v) is 7.52. The summed E-state index contributed by atoms with van der Waals surface area (Å²) in [6.45, 7) is 1.97. The van der Waals surface area contributed by atoms with E-state index in [9.17, 15) is 14.6 Å². The normalized spacial score (nSPS) is 25.2. The van der Waals surface area contributed by atoms with Crippen molar-refractivity contribution in [3.05, 3.63) is 34.9 Å². The number of carbonyl (C=O) groups excluding carboxylic acids is 2. The molecule has 1 unspecified atom stereocenters. The molecule has 2 aliphatic rings. The van der Waals surface area contributed by atoms with Gasteiger partial charge in [0, 0.05) is 43.0 Å². The van der Waals surface area contributed by atoms with Crippen LogP contribution in [0.4, 0.5) is 0 Å². The van der Waals surface area contributed by atoms with Crippen molar-refractivity contribution in [3.8, 4) is 0 Å². The Labute approximate surface area is 154 Å². The first-order valence-corrected chi connectivity index (χ1v) is 9.37. The van der Waals surface area contributed by atoms with Gasteiger partial charge in [-0.05, 0) is 49.8 Å². The van der Waals surface area contributed by atoms with E-state index < -0.39 is 7.12 Å². The molecule has 1 heterocycles. The van der Waals surface area contributed by atoms with Crippen molar-refractivity contribution >= 4 is 18.7 Å². The second kappa shape index (κ2) is 8.44. The molecule has 3 rings (SSSR count). The first kappa shape index (κ1) is 19.2. The molecular formula is C19H27BN2O4. The molecule has 1 aliphatic carbocycles. The minimum Gasteiger partial charge on any atom is -0.427 e. The van der Waals surface area contributed by atoms with E-state index in [2.05, 4.69) is 5.32 Å². The maximum Gasteiger partial charge on any atom is 0.458 e. The lowest BCUT2D eigenvalue weighted by atomic mass is 9.64. The van der Waals surface area contributed by atoms with E-state index in [1.807, 2.05) is 18.2 Å². The van der Waals surface area contributed by atoms with Crippen LogP contribution in [0, 0.1) is 0 Å². The maximum atomic E-state index is 12.7. The van der Waals surface area contributed by atoms with E-state index >= 15 is 0 Å². The highest BCUT2D eigenvalue weighted by atomic mass is 16.5. The standard InChI is InChI=1S/C19H27BN2O4/c1-12(23)6-18-5-4-16(20(25)26-18)10-19(24)14-3-2-13-8-17(22-11-21)9-15(13)7-14/h2-3,7,16-18,22,25H,4-6,8-11,21H2,1H3/t16-,17?,18+/m1/s1. The summed E-state index contributed by atoms with van der Waals surface area (Å²) in [5, 5.41) is 13.4. The molecule has 0 amide bonds. The Morgan fingerprint density at radius 2 is 2.04 bits per heavy atom. The van der Waals surface area contributed by atoms with Crippen molar-refractivity contribution in [2.24, 2.45) is 5.73 Å². The van der Waals surface area contributed by atoms with Crippen LogP contribution in [0.3, 0.4) is 0 Å². The van der Waals surface area contributed by atoms with Gasteiger partial charge in [0.05, 0.1) is 0 Å². The van der Waals surface area contributed by atoms with Crippen molar-refractivity contribution in [2.45, 2.75) is 63.4 Å². The Morgan fingerprint density at radius 3 is 2.73 bits per heavy atom. The molecule has 140 valence electrons. The van der Waals surface area contributed by atoms with Gasteiger partial charge in [0.2, 0.25) is 0 Å². The fourth-order valence-corrected chi connectivity index (χ4v) is 4.05. The Morgan fingerprint density at radius 1 is 1.27 bits per heavy atom. The Bertz CT molecular complexity index is 682. The SMILES string of the molecule is CC(=O)C[C@@H]1CC[C@H](CC(=O)c2ccc3c(c2)CC(NCN)C3)B(O)O1. The molecule has 26 heavy (non-hydrogen) atoms. The summed E-state index contributed by atoms with van der Waals surface area (Å²) in [6, 6.07) is 6.22. The van der Waals surface area contributed by atoms with Crippen LogP contribution in [-0.4, -0.2) is 42.5 Å². The van der Waals surface area contributed by atoms with Gasteiger partial charge in [-0.1, -0.05) is 12.1 Å². The van der Waals surface area contributed by atoms with Crippen LogP contribution in [0.25, 0.3) is 0 Å². The predicted octanol–water partition coefficient (Wildman–Crippen LogP) is 1.24. The number of nitrogens with one attached hydrogen (secondary N) is 1. The highest BCUT2D eigenvalue weighted by Gasteiger charge is 2.36. The summed E-state index contributed by atoms with van der Waals surface area (Å²) in [5.41, 5.74) is 8.71. The zero-order valence-electron chi connectivity index (χ0n) is 15.2. The monoisotopic (exact) mass is 358 g/mol. The molecule has 0 radical (unpaired) electrons. The van der Waals surface area contributed by atoms with E-state index in [1.165, 1.54) is 18.1 Å². The van der Waals surface area contributed by atoms with E-state index in [-0.39, 0.29) is 29.9 Å². The first-order valence-electron chi connectivity index (χ1n) is 9.37. The molecule has 4 N–H and O–H groups in total. The van der Waals surface area contributed by atoms with Crippen LogP contribution in [-0.2, 0) is 22.3 Å². The Balaban J connectivity index is 1.58. The van der Waals surface area contributed by atoms with Gasteiger partial charge in [-0.25, -0.2) is 0 Å². The van der Waals surface area contributed by atoms with Crippen LogP contribution in [0.15, 0.2) is 18.2 Å². The zero-order valence-corrected chi connectivity index (χ0v) is 15.2. The van der Waals surface area contributed by atoms with Gasteiger partial charge in [-0.2, -0.15) is 0 Å². The van der Waals surface area contributed by atoms with E-state index in [0.29, 0.717) is 37.5 Å². The molecular weight excluding hydrogens is 331 g/mol. The number of Topliss-reactive ketones (excluding diaryl/α,β-unsaturated/α-hetero) is 2. The van der Waals surface area contributed by atoms with Crippen LogP contribution < -0.4 is 11.1 Å². The molecule has 1 saturated heterocycles. The van der Waals surface area contributed by atoms with Crippen molar-refractivity contribution < 1.29 is 19.3 Å². The summed E-state index contributed by atoms with van der Waals surface area (Å²) >= 11 is 0. The van der Waals surface area contributed by atoms with E-state index in [4.69, 9.17) is 10.4 Å². The number of benzene rings is 1. The Kier molecular flexibility index (Phi) is 6.24. The van der Waals surface area contributed by atoms with E-state index in [0.717, 1.165) is 12.8 Å². The molecule has 0 bridgehead atoms. The van der Waals surface area contributed by atoms with Crippen molar-refractivity contribution in [1.29, 1.82) is 0 Å². The lowest BCUT2D eigenvalue weighted by Crippen LogP contribution is -2.37. The van der Waals surface area contributed by atoms with Gasteiger partial charge in [0.25, 0.3) is 0 Å². The largest absolute Gasteiger partial charge is 0.458 e. The average molecular weight is 358 g/mol. The molecule has 7 heteroatoms. The quantitative estimate of drug-likeness (QED) is 0.385. The summed E-state index contributed by atoms with van der Waals surface area (Å²) < 4.78 is 5.52. The Hall–Kier alpha value is -1.54. The summed E-state index contributed by atoms with van der Waals surface area (Å²) in [6.07, 6.45) is 3.56. The van der Waals surface area contributed by atoms with Crippen LogP contribution >= 0.6 is 0 Å². The zero-order chi connectivity index (χ0) is 18.7. The van der Waals surface area contributed by atoms with Gasteiger partial charge in [-0.3, -0.25) is 9.59 Å². The van der Waals surface area contributed by atoms with Crippen LogP contribution in [0.1, 0.15) is 54.1 Å². The van der Waals surface area contributed by atoms with Crippen LogP contribution in [0.5, 0.6) is 0 Å². The topological polar surface area (TPSA) is 102 Å². The van der Waals surface area contributed by atoms with Gasteiger partial charge in [-0.15, -0.1) is 0 Å². The molecule has 1 aromatic carbocycles. The molecule has 0 aromatic heterocycles. The number of ketones is 2. The third-order valence-electron chi connectivity index (χ3n) is 5.42. The predicted molar refractivity (Wildman–Crippen MR) is 99.9 cm³/mol. The minimum atomic E-state index is -0.982. The maximum absolute atomic E-state index is 12.7.